The molecule has 0 aromatic carbocycles. The van der Waals surface area contributed by atoms with Crippen molar-refractivity contribution >= 4 is 42.1 Å². The Hall–Kier alpha value is -0.940. The molecule has 1 aliphatic rings. The number of anilines is 1. The summed E-state index contributed by atoms with van der Waals surface area (Å²) in [6.07, 6.45) is -5.04. The highest BCUT2D eigenvalue weighted by atomic mass is 35.7. The van der Waals surface area contributed by atoms with E-state index in [9.17, 15) is 26.4 Å². The van der Waals surface area contributed by atoms with Gasteiger partial charge in [-0.1, -0.05) is 11.3 Å². The molecule has 0 aliphatic carbocycles. The fourth-order valence-electron chi connectivity index (χ4n) is 1.49. The highest BCUT2D eigenvalue weighted by Crippen LogP contribution is 2.36. The zero-order chi connectivity index (χ0) is 14.4. The van der Waals surface area contributed by atoms with Crippen LogP contribution < -0.4 is 4.90 Å². The molecule has 106 valence electrons. The van der Waals surface area contributed by atoms with Gasteiger partial charge in [-0.2, -0.15) is 13.2 Å². The van der Waals surface area contributed by atoms with E-state index in [0.29, 0.717) is 0 Å². The van der Waals surface area contributed by atoms with E-state index < -0.39 is 31.4 Å². The Morgan fingerprint density at radius 3 is 2.42 bits per heavy atom. The molecule has 1 fully saturated rings. The Balaban J connectivity index is 2.24. The summed E-state index contributed by atoms with van der Waals surface area (Å²) in [5, 5.41) is 3.52. The lowest BCUT2D eigenvalue weighted by molar-refractivity contribution is -0.138. The van der Waals surface area contributed by atoms with E-state index in [0.717, 1.165) is 4.90 Å². The van der Waals surface area contributed by atoms with Gasteiger partial charge in [-0.25, -0.2) is 8.42 Å². The Bertz CT molecular complexity index is 615. The van der Waals surface area contributed by atoms with Crippen molar-refractivity contribution in [2.24, 2.45) is 0 Å². The van der Waals surface area contributed by atoms with Crippen molar-refractivity contribution in [2.45, 2.75) is 17.8 Å². The Kier molecular flexibility index (Phi) is 3.47. The third-order valence-electron chi connectivity index (χ3n) is 2.38. The molecule has 1 saturated heterocycles. The van der Waals surface area contributed by atoms with Crippen LogP contribution in [0.15, 0.2) is 0 Å². The van der Waals surface area contributed by atoms with Gasteiger partial charge in [0, 0.05) is 23.6 Å². The van der Waals surface area contributed by atoms with E-state index >= 15 is 0 Å². The van der Waals surface area contributed by atoms with Crippen molar-refractivity contribution in [3.05, 3.63) is 5.01 Å². The predicted molar refractivity (Wildman–Crippen MR) is 60.4 cm³/mol. The summed E-state index contributed by atoms with van der Waals surface area (Å²) in [5.74, 6) is -0.654. The zero-order valence-corrected chi connectivity index (χ0v) is 11.3. The molecular weight excluding hydrogens is 331 g/mol. The van der Waals surface area contributed by atoms with Gasteiger partial charge in [0.2, 0.25) is 25.1 Å². The van der Waals surface area contributed by atoms with Crippen molar-refractivity contribution in [3.63, 3.8) is 0 Å². The van der Waals surface area contributed by atoms with E-state index in [1.807, 2.05) is 0 Å². The first-order valence-corrected chi connectivity index (χ1v) is 7.92. The summed E-state index contributed by atoms with van der Waals surface area (Å²) in [6, 6.07) is 0. The Morgan fingerprint density at radius 2 is 2.00 bits per heavy atom. The number of hydrogen-bond donors (Lipinski definition) is 0. The molecular formula is C7H5ClF3N3O3S2. The average molecular weight is 336 g/mol. The average Bonchev–Trinajstić information content (AvgIpc) is 2.80. The molecule has 1 unspecified atom stereocenters. The molecule has 0 spiro atoms. The van der Waals surface area contributed by atoms with E-state index in [2.05, 4.69) is 10.2 Å². The van der Waals surface area contributed by atoms with Crippen molar-refractivity contribution in [2.75, 3.05) is 11.4 Å². The van der Waals surface area contributed by atoms with Crippen LogP contribution in [0.5, 0.6) is 0 Å². The molecule has 0 bridgehead atoms. The molecule has 1 aromatic heterocycles. The van der Waals surface area contributed by atoms with Crippen molar-refractivity contribution < 1.29 is 26.4 Å². The number of carbonyl (C=O) groups is 1. The highest BCUT2D eigenvalue weighted by molar-refractivity contribution is 8.14. The quantitative estimate of drug-likeness (QED) is 0.759. The lowest BCUT2D eigenvalue weighted by Gasteiger charge is -2.10. The smallest absolute Gasteiger partial charge is 0.285 e. The number of aromatic nitrogens is 2. The largest absolute Gasteiger partial charge is 0.445 e. The van der Waals surface area contributed by atoms with Crippen molar-refractivity contribution in [1.82, 2.24) is 10.2 Å². The standard InChI is InChI=1S/C7H5ClF3N3O3S2/c8-19(16,17)3-1-4(15)14(2-3)6-13-12-5(18-6)7(9,10)11/h3H,1-2H2. The summed E-state index contributed by atoms with van der Waals surface area (Å²) < 4.78 is 59.2. The number of carbonyl (C=O) groups excluding carboxylic acids is 1. The maximum absolute atomic E-state index is 12.3. The third-order valence-corrected chi connectivity index (χ3v) is 5.23. The Morgan fingerprint density at radius 1 is 1.37 bits per heavy atom. The lowest BCUT2D eigenvalue weighted by atomic mass is 10.4. The molecule has 1 amide bonds. The molecule has 19 heavy (non-hydrogen) atoms. The van der Waals surface area contributed by atoms with Gasteiger partial charge in [0.1, 0.15) is 5.25 Å². The number of rotatable bonds is 2. The van der Waals surface area contributed by atoms with E-state index in [1.54, 1.807) is 0 Å². The lowest BCUT2D eigenvalue weighted by Crippen LogP contribution is -2.26. The van der Waals surface area contributed by atoms with Crippen LogP contribution in [-0.4, -0.2) is 36.3 Å². The number of hydrogen-bond acceptors (Lipinski definition) is 6. The molecule has 1 aliphatic heterocycles. The molecule has 0 saturated carbocycles. The van der Waals surface area contributed by atoms with Crippen LogP contribution >= 0.6 is 22.0 Å². The van der Waals surface area contributed by atoms with Gasteiger partial charge >= 0.3 is 6.18 Å². The number of nitrogens with zero attached hydrogens (tertiary/aromatic N) is 3. The molecule has 2 rings (SSSR count). The zero-order valence-electron chi connectivity index (χ0n) is 8.89. The van der Waals surface area contributed by atoms with Crippen molar-refractivity contribution in [1.29, 1.82) is 0 Å². The van der Waals surface area contributed by atoms with Gasteiger partial charge in [0.15, 0.2) is 0 Å². The van der Waals surface area contributed by atoms with E-state index in [1.165, 1.54) is 0 Å². The molecule has 12 heteroatoms. The van der Waals surface area contributed by atoms with Crippen LogP contribution in [0.4, 0.5) is 18.3 Å². The van der Waals surface area contributed by atoms with Gasteiger partial charge in [0.05, 0.1) is 0 Å². The maximum atomic E-state index is 12.3. The normalized spacial score (nSPS) is 21.2. The summed E-state index contributed by atoms with van der Waals surface area (Å²) in [6.45, 7) is -0.322. The van der Waals surface area contributed by atoms with Crippen molar-refractivity contribution in [3.8, 4) is 0 Å². The van der Waals surface area contributed by atoms with Crippen LogP contribution in [0.25, 0.3) is 0 Å². The second kappa shape index (κ2) is 4.56. The van der Waals surface area contributed by atoms with Crippen LogP contribution in [0.1, 0.15) is 11.4 Å². The second-order valence-corrected chi connectivity index (χ2v) is 7.56. The molecule has 0 N–H and O–H groups in total. The van der Waals surface area contributed by atoms with Crippen LogP contribution in [0.2, 0.25) is 0 Å². The number of amides is 1. The van der Waals surface area contributed by atoms with Gasteiger partial charge in [-0.15, -0.1) is 10.2 Å². The van der Waals surface area contributed by atoms with E-state index in [4.69, 9.17) is 10.7 Å². The van der Waals surface area contributed by atoms with Crippen LogP contribution in [-0.2, 0) is 20.0 Å². The monoisotopic (exact) mass is 335 g/mol. The van der Waals surface area contributed by atoms with Gasteiger partial charge in [0.25, 0.3) is 0 Å². The van der Waals surface area contributed by atoms with Crippen LogP contribution in [0.3, 0.4) is 0 Å². The summed E-state index contributed by atoms with van der Waals surface area (Å²) in [7, 11) is 1.16. The SMILES string of the molecule is O=C1CC(S(=O)(=O)Cl)CN1c1nnc(C(F)(F)F)s1. The first kappa shape index (κ1) is 14.5. The fraction of sp³-hybridized carbons (Fsp3) is 0.571. The number of halogens is 4. The first-order valence-electron chi connectivity index (χ1n) is 4.73. The molecule has 2 heterocycles. The second-order valence-electron chi connectivity index (χ2n) is 3.69. The van der Waals surface area contributed by atoms with Gasteiger partial charge < -0.3 is 0 Å². The summed E-state index contributed by atoms with van der Waals surface area (Å²) in [4.78, 5) is 12.4. The predicted octanol–water partition coefficient (Wildman–Crippen LogP) is 1.23. The molecule has 0 radical (unpaired) electrons. The molecule has 1 aromatic rings. The first-order chi connectivity index (χ1) is 8.59. The molecule has 1 atom stereocenters. The maximum Gasteiger partial charge on any atom is 0.445 e. The minimum atomic E-state index is -4.66. The minimum Gasteiger partial charge on any atom is -0.285 e. The van der Waals surface area contributed by atoms with Crippen LogP contribution in [0, 0.1) is 0 Å². The van der Waals surface area contributed by atoms with Gasteiger partial charge in [-0.3, -0.25) is 9.69 Å². The fourth-order valence-corrected chi connectivity index (χ4v) is 3.25. The topological polar surface area (TPSA) is 80.2 Å². The minimum absolute atomic E-state index is 0.173. The van der Waals surface area contributed by atoms with Gasteiger partial charge in [-0.05, 0) is 0 Å². The third kappa shape index (κ3) is 2.98. The van der Waals surface area contributed by atoms with E-state index in [-0.39, 0.29) is 29.4 Å². The highest BCUT2D eigenvalue weighted by Gasteiger charge is 2.41. The number of alkyl halides is 3. The Labute approximate surface area is 113 Å². The molecule has 6 nitrogen and oxygen atoms in total. The summed E-state index contributed by atoms with van der Waals surface area (Å²) >= 11 is 0.173. The summed E-state index contributed by atoms with van der Waals surface area (Å²) in [5.41, 5.74) is 0.